The smallest absolute Gasteiger partial charge is 0.266 e. The fourth-order valence-electron chi connectivity index (χ4n) is 1.87. The average molecular weight is 341 g/mol. The first kappa shape index (κ1) is 16.9. The summed E-state index contributed by atoms with van der Waals surface area (Å²) in [7, 11) is -3.56. The molecule has 0 aliphatic heterocycles. The Labute approximate surface area is 133 Å². The molecule has 0 unspecified atom stereocenters. The largest absolute Gasteiger partial charge is 0.268 e. The average Bonchev–Trinajstić information content (AvgIpc) is 2.87. The summed E-state index contributed by atoms with van der Waals surface area (Å²) >= 11 is 1.13. The van der Waals surface area contributed by atoms with Gasteiger partial charge in [0.2, 0.25) is 0 Å². The second-order valence-corrected chi connectivity index (χ2v) is 8.70. The molecule has 0 atom stereocenters. The topological polar surface area (TPSA) is 81.1 Å². The lowest BCUT2D eigenvalue weighted by molar-refractivity contribution is 0.492. The van der Waals surface area contributed by atoms with Gasteiger partial charge in [0.05, 0.1) is 5.69 Å². The quantitative estimate of drug-likeness (QED) is 0.923. The van der Waals surface area contributed by atoms with Crippen LogP contribution in [-0.4, -0.2) is 23.7 Å². The first-order valence-electron chi connectivity index (χ1n) is 6.83. The Morgan fingerprint density at radius 2 is 2.00 bits per heavy atom. The van der Waals surface area contributed by atoms with E-state index in [1.165, 1.54) is 10.7 Å². The minimum Gasteiger partial charge on any atom is -0.268 e. The lowest BCUT2D eigenvalue weighted by Crippen LogP contribution is -2.40. The zero-order valence-electron chi connectivity index (χ0n) is 13.0. The van der Waals surface area contributed by atoms with E-state index in [-0.39, 0.29) is 9.77 Å². The summed E-state index contributed by atoms with van der Waals surface area (Å²) in [6.07, 6.45) is 0. The summed E-state index contributed by atoms with van der Waals surface area (Å²) in [6.45, 7) is 7.66. The van der Waals surface area contributed by atoms with Crippen LogP contribution in [0.15, 0.2) is 32.6 Å². The zero-order valence-corrected chi connectivity index (χ0v) is 14.6. The van der Waals surface area contributed by atoms with Crippen molar-refractivity contribution in [1.82, 2.24) is 14.5 Å². The molecule has 2 aromatic rings. The standard InChI is InChI=1S/C14H19N3O3S2/c1-5-17-12(18)7-6-11(15-17)10-8-13(21-9-10)22(19,20)16-14(2,3)4/h6-9,16H,5H2,1-4H3. The van der Waals surface area contributed by atoms with Gasteiger partial charge in [-0.05, 0) is 39.8 Å². The highest BCUT2D eigenvalue weighted by Crippen LogP contribution is 2.27. The summed E-state index contributed by atoms with van der Waals surface area (Å²) in [5.41, 5.74) is 0.538. The summed E-state index contributed by atoms with van der Waals surface area (Å²) in [4.78, 5) is 11.6. The number of aromatic nitrogens is 2. The van der Waals surface area contributed by atoms with E-state index in [2.05, 4.69) is 9.82 Å². The molecule has 0 saturated carbocycles. The Bertz CT molecular complexity index is 830. The van der Waals surface area contributed by atoms with Crippen LogP contribution in [0.25, 0.3) is 11.3 Å². The third kappa shape index (κ3) is 3.82. The summed E-state index contributed by atoms with van der Waals surface area (Å²) in [5, 5.41) is 5.95. The second-order valence-electron chi connectivity index (χ2n) is 5.88. The van der Waals surface area contributed by atoms with E-state index in [1.54, 1.807) is 38.3 Å². The molecule has 1 N–H and O–H groups in total. The molecule has 0 radical (unpaired) electrons. The third-order valence-electron chi connectivity index (χ3n) is 2.74. The van der Waals surface area contributed by atoms with Crippen LogP contribution in [0.5, 0.6) is 0 Å². The molecule has 2 rings (SSSR count). The fraction of sp³-hybridized carbons (Fsp3) is 0.429. The molecular weight excluding hydrogens is 322 g/mol. The summed E-state index contributed by atoms with van der Waals surface area (Å²) < 4.78 is 28.8. The van der Waals surface area contributed by atoms with Crippen LogP contribution < -0.4 is 10.3 Å². The van der Waals surface area contributed by atoms with Gasteiger partial charge in [0.1, 0.15) is 4.21 Å². The van der Waals surface area contributed by atoms with Crippen LogP contribution in [-0.2, 0) is 16.6 Å². The molecule has 22 heavy (non-hydrogen) atoms. The van der Waals surface area contributed by atoms with Gasteiger partial charge in [-0.15, -0.1) is 11.3 Å². The van der Waals surface area contributed by atoms with Crippen LogP contribution in [0.3, 0.4) is 0 Å². The first-order chi connectivity index (χ1) is 10.1. The van der Waals surface area contributed by atoms with Crippen molar-refractivity contribution in [3.63, 3.8) is 0 Å². The minimum atomic E-state index is -3.56. The van der Waals surface area contributed by atoms with E-state index in [0.717, 1.165) is 11.3 Å². The molecule has 0 aliphatic rings. The molecule has 0 aromatic carbocycles. The van der Waals surface area contributed by atoms with Crippen molar-refractivity contribution in [2.75, 3.05) is 0 Å². The van der Waals surface area contributed by atoms with Crippen molar-refractivity contribution >= 4 is 21.4 Å². The van der Waals surface area contributed by atoms with Crippen molar-refractivity contribution < 1.29 is 8.42 Å². The van der Waals surface area contributed by atoms with Gasteiger partial charge in [-0.1, -0.05) is 0 Å². The molecule has 120 valence electrons. The summed E-state index contributed by atoms with van der Waals surface area (Å²) in [5.74, 6) is 0. The number of sulfonamides is 1. The molecule has 2 heterocycles. The predicted molar refractivity (Wildman–Crippen MR) is 87.6 cm³/mol. The van der Waals surface area contributed by atoms with Gasteiger partial charge in [0, 0.05) is 29.1 Å². The van der Waals surface area contributed by atoms with E-state index in [4.69, 9.17) is 0 Å². The van der Waals surface area contributed by atoms with E-state index in [1.807, 2.05) is 6.92 Å². The molecule has 0 bridgehead atoms. The van der Waals surface area contributed by atoms with Crippen molar-refractivity contribution in [2.45, 2.75) is 44.0 Å². The number of nitrogens with one attached hydrogen (secondary N) is 1. The van der Waals surface area contributed by atoms with Crippen molar-refractivity contribution in [3.05, 3.63) is 33.9 Å². The highest BCUT2D eigenvalue weighted by Gasteiger charge is 2.23. The van der Waals surface area contributed by atoms with Crippen molar-refractivity contribution in [1.29, 1.82) is 0 Å². The SMILES string of the molecule is CCn1nc(-c2csc(S(=O)(=O)NC(C)(C)C)c2)ccc1=O. The van der Waals surface area contributed by atoms with Gasteiger partial charge in [-0.2, -0.15) is 5.10 Å². The van der Waals surface area contributed by atoms with Crippen LogP contribution in [0, 0.1) is 0 Å². The maximum atomic E-state index is 12.3. The monoisotopic (exact) mass is 341 g/mol. The number of hydrogen-bond acceptors (Lipinski definition) is 5. The molecule has 0 fully saturated rings. The van der Waals surface area contributed by atoms with E-state index >= 15 is 0 Å². The predicted octanol–water partition coefficient (Wildman–Crippen LogP) is 2.07. The third-order valence-corrected chi connectivity index (χ3v) is 5.94. The lowest BCUT2D eigenvalue weighted by atomic mass is 10.1. The van der Waals surface area contributed by atoms with E-state index < -0.39 is 15.6 Å². The Balaban J connectivity index is 2.38. The molecule has 2 aromatic heterocycles. The van der Waals surface area contributed by atoms with Crippen molar-refractivity contribution in [3.8, 4) is 11.3 Å². The minimum absolute atomic E-state index is 0.177. The van der Waals surface area contributed by atoms with Gasteiger partial charge < -0.3 is 0 Å². The highest BCUT2D eigenvalue weighted by atomic mass is 32.2. The van der Waals surface area contributed by atoms with Crippen molar-refractivity contribution in [2.24, 2.45) is 0 Å². The van der Waals surface area contributed by atoms with Crippen LogP contribution in [0.2, 0.25) is 0 Å². The van der Waals surface area contributed by atoms with Gasteiger partial charge in [0.15, 0.2) is 0 Å². The molecule has 0 amide bonds. The molecule has 0 saturated heterocycles. The van der Waals surface area contributed by atoms with E-state index in [9.17, 15) is 13.2 Å². The van der Waals surface area contributed by atoms with Crippen LogP contribution in [0.1, 0.15) is 27.7 Å². The van der Waals surface area contributed by atoms with E-state index in [0.29, 0.717) is 17.8 Å². The Morgan fingerprint density at radius 3 is 2.59 bits per heavy atom. The second kappa shape index (κ2) is 5.94. The zero-order chi connectivity index (χ0) is 16.5. The molecule has 6 nitrogen and oxygen atoms in total. The molecule has 8 heteroatoms. The molecule has 0 aliphatic carbocycles. The maximum absolute atomic E-state index is 12.3. The highest BCUT2D eigenvalue weighted by molar-refractivity contribution is 7.91. The number of rotatable bonds is 4. The number of nitrogens with zero attached hydrogens (tertiary/aromatic N) is 2. The Kier molecular flexibility index (Phi) is 4.55. The lowest BCUT2D eigenvalue weighted by Gasteiger charge is -2.19. The number of thiophene rings is 1. The van der Waals surface area contributed by atoms with Gasteiger partial charge in [0.25, 0.3) is 15.6 Å². The number of aryl methyl sites for hydroxylation is 1. The van der Waals surface area contributed by atoms with Crippen LogP contribution in [0.4, 0.5) is 0 Å². The molecule has 0 spiro atoms. The van der Waals surface area contributed by atoms with Gasteiger partial charge >= 0.3 is 0 Å². The normalized spacial score (nSPS) is 12.5. The molecular formula is C14H19N3O3S2. The maximum Gasteiger partial charge on any atom is 0.266 e. The van der Waals surface area contributed by atoms with Crippen LogP contribution >= 0.6 is 11.3 Å². The first-order valence-corrected chi connectivity index (χ1v) is 9.20. The van der Waals surface area contributed by atoms with Gasteiger partial charge in [-0.25, -0.2) is 17.8 Å². The summed E-state index contributed by atoms with van der Waals surface area (Å²) in [6, 6.07) is 4.61. The fourth-order valence-corrected chi connectivity index (χ4v) is 4.47. The van der Waals surface area contributed by atoms with Gasteiger partial charge in [-0.3, -0.25) is 4.79 Å². The Morgan fingerprint density at radius 1 is 1.32 bits per heavy atom. The number of hydrogen-bond donors (Lipinski definition) is 1. The Hall–Kier alpha value is -1.51.